The molecular formula is C13H11BrCl2NOY-. The van der Waals surface area contributed by atoms with Crippen molar-refractivity contribution in [2.75, 3.05) is 6.54 Å². The van der Waals surface area contributed by atoms with Gasteiger partial charge in [0.15, 0.2) is 0 Å². The van der Waals surface area contributed by atoms with Crippen molar-refractivity contribution in [2.45, 2.75) is 18.7 Å². The van der Waals surface area contributed by atoms with Crippen LogP contribution in [0.2, 0.25) is 5.02 Å². The number of hydrogen-bond acceptors (Lipinski definition) is 1. The third-order valence-corrected chi connectivity index (χ3v) is 3.99. The van der Waals surface area contributed by atoms with E-state index < -0.39 is 5.38 Å². The van der Waals surface area contributed by atoms with E-state index in [1.54, 1.807) is 17.0 Å². The maximum Gasteiger partial charge on any atom is 0.241 e. The zero-order chi connectivity index (χ0) is 13.3. The largest absolute Gasteiger partial charge is 0.346 e. The van der Waals surface area contributed by atoms with Crippen LogP contribution in [0.15, 0.2) is 22.7 Å². The van der Waals surface area contributed by atoms with Gasteiger partial charge in [0.05, 0.1) is 0 Å². The molecule has 0 N–H and O–H groups in total. The number of halogens is 3. The van der Waals surface area contributed by atoms with Crippen molar-refractivity contribution >= 4 is 50.7 Å². The van der Waals surface area contributed by atoms with Gasteiger partial charge in [-0.15, -0.1) is 28.9 Å². The maximum atomic E-state index is 12.0. The molecule has 0 aliphatic carbocycles. The first-order chi connectivity index (χ1) is 8.54. The molecule has 1 heterocycles. The van der Waals surface area contributed by atoms with Crippen LogP contribution in [-0.2, 0) is 37.5 Å². The van der Waals surface area contributed by atoms with Gasteiger partial charge in [0.2, 0.25) is 5.91 Å². The van der Waals surface area contributed by atoms with Crippen LogP contribution in [0.1, 0.15) is 18.9 Å². The number of carbonyl (C=O) groups is 1. The Kier molecular flexibility index (Phi) is 7.02. The molecule has 2 rings (SSSR count). The molecule has 0 aromatic heterocycles. The van der Waals surface area contributed by atoms with E-state index in [2.05, 4.69) is 22.0 Å². The summed E-state index contributed by atoms with van der Waals surface area (Å²) in [4.78, 5) is 13.7. The molecule has 2 nitrogen and oxygen atoms in total. The summed E-state index contributed by atoms with van der Waals surface area (Å²) in [7, 11) is 0. The Morgan fingerprint density at radius 3 is 2.79 bits per heavy atom. The Balaban J connectivity index is 0.00000180. The molecule has 1 aromatic rings. The average molecular weight is 437 g/mol. The van der Waals surface area contributed by atoms with Gasteiger partial charge in [-0.1, -0.05) is 44.5 Å². The Bertz CT molecular complexity index is 521. The molecule has 1 aromatic carbocycles. The number of nitrogens with zero attached hydrogens (tertiary/aromatic N) is 1. The minimum absolute atomic E-state index is 0. The minimum Gasteiger partial charge on any atom is -0.346 e. The molecule has 0 fully saturated rings. The minimum atomic E-state index is -0.514. The van der Waals surface area contributed by atoms with Crippen LogP contribution in [0.3, 0.4) is 0 Å². The standard InChI is InChI=1S/C13H11BrCl2NO.Y/c1-2-17-12(6-5-11(16)13(17)18)9-4-3-8(15)7-10(9)14;/h3-4,7,11H,2,5H2,1H3;/q-1;. The van der Waals surface area contributed by atoms with Crippen LogP contribution in [0.25, 0.3) is 5.70 Å². The predicted octanol–water partition coefficient (Wildman–Crippen LogP) is 4.10. The van der Waals surface area contributed by atoms with Gasteiger partial charge < -0.3 is 4.90 Å². The molecule has 0 saturated carbocycles. The molecule has 1 atom stereocenters. The normalized spacial score (nSPS) is 18.9. The van der Waals surface area contributed by atoms with E-state index in [-0.39, 0.29) is 38.6 Å². The Morgan fingerprint density at radius 1 is 1.53 bits per heavy atom. The molecule has 0 spiro atoms. The summed E-state index contributed by atoms with van der Waals surface area (Å²) in [6.07, 6.45) is 3.63. The van der Waals surface area contributed by atoms with Gasteiger partial charge in [0, 0.05) is 44.3 Å². The van der Waals surface area contributed by atoms with Crippen LogP contribution in [0.4, 0.5) is 0 Å². The first-order valence-corrected chi connectivity index (χ1v) is 7.17. The first-order valence-electron chi connectivity index (χ1n) is 5.56. The Labute approximate surface area is 156 Å². The van der Waals surface area contributed by atoms with E-state index in [1.165, 1.54) is 0 Å². The first kappa shape index (κ1) is 17.6. The van der Waals surface area contributed by atoms with Gasteiger partial charge in [0.25, 0.3) is 0 Å². The third-order valence-electron chi connectivity index (χ3n) is 2.76. The summed E-state index contributed by atoms with van der Waals surface area (Å²) >= 11 is 15.3. The molecule has 1 radical (unpaired) electrons. The second-order valence-electron chi connectivity index (χ2n) is 3.90. The van der Waals surface area contributed by atoms with E-state index in [1.807, 2.05) is 13.0 Å². The number of hydrogen-bond donors (Lipinski definition) is 0. The quantitative estimate of drug-likeness (QED) is 0.505. The van der Waals surface area contributed by atoms with Crippen LogP contribution in [0.5, 0.6) is 0 Å². The number of carbonyl (C=O) groups excluding carboxylic acids is 1. The van der Waals surface area contributed by atoms with Crippen molar-refractivity contribution < 1.29 is 37.5 Å². The number of allylic oxidation sites excluding steroid dienone is 1. The molecule has 1 unspecified atom stereocenters. The molecule has 0 saturated heterocycles. The van der Waals surface area contributed by atoms with Crippen molar-refractivity contribution in [3.63, 3.8) is 0 Å². The van der Waals surface area contributed by atoms with Crippen LogP contribution in [0, 0.1) is 6.08 Å². The topological polar surface area (TPSA) is 20.3 Å². The number of amides is 1. The summed E-state index contributed by atoms with van der Waals surface area (Å²) in [5, 5.41) is 0.131. The Morgan fingerprint density at radius 2 is 2.21 bits per heavy atom. The van der Waals surface area contributed by atoms with Crippen molar-refractivity contribution in [2.24, 2.45) is 0 Å². The van der Waals surface area contributed by atoms with Gasteiger partial charge in [-0.3, -0.25) is 4.79 Å². The summed E-state index contributed by atoms with van der Waals surface area (Å²) in [6, 6.07) is 5.47. The molecule has 19 heavy (non-hydrogen) atoms. The number of benzene rings is 1. The molecule has 1 aliphatic rings. The van der Waals surface area contributed by atoms with Gasteiger partial charge in [0.1, 0.15) is 5.38 Å². The van der Waals surface area contributed by atoms with Gasteiger partial charge in [-0.05, 0) is 13.0 Å². The fourth-order valence-electron chi connectivity index (χ4n) is 1.88. The molecule has 1 amide bonds. The second-order valence-corrected chi connectivity index (χ2v) is 5.72. The number of rotatable bonds is 2. The zero-order valence-electron chi connectivity index (χ0n) is 10.3. The van der Waals surface area contributed by atoms with E-state index in [4.69, 9.17) is 23.2 Å². The van der Waals surface area contributed by atoms with Crippen LogP contribution < -0.4 is 0 Å². The molecule has 6 heteroatoms. The Hall–Kier alpha value is 0.594. The monoisotopic (exact) mass is 435 g/mol. The maximum absolute atomic E-state index is 12.0. The van der Waals surface area contributed by atoms with Gasteiger partial charge in [-0.25, -0.2) is 6.08 Å². The van der Waals surface area contributed by atoms with Crippen molar-refractivity contribution in [1.82, 2.24) is 4.90 Å². The van der Waals surface area contributed by atoms with Crippen molar-refractivity contribution in [3.8, 4) is 0 Å². The summed E-state index contributed by atoms with van der Waals surface area (Å²) in [6.45, 7) is 2.48. The average Bonchev–Trinajstić information content (AvgIpc) is 2.33. The van der Waals surface area contributed by atoms with Gasteiger partial charge >= 0.3 is 0 Å². The predicted molar refractivity (Wildman–Crippen MR) is 77.4 cm³/mol. The van der Waals surface area contributed by atoms with Crippen molar-refractivity contribution in [1.29, 1.82) is 0 Å². The van der Waals surface area contributed by atoms with Crippen molar-refractivity contribution in [3.05, 3.63) is 39.3 Å². The van der Waals surface area contributed by atoms with Crippen LogP contribution in [-0.4, -0.2) is 22.7 Å². The molecular weight excluding hydrogens is 426 g/mol. The molecule has 1 aliphatic heterocycles. The summed E-state index contributed by atoms with van der Waals surface area (Å²) in [5.41, 5.74) is 1.67. The number of alkyl halides is 1. The smallest absolute Gasteiger partial charge is 0.241 e. The van der Waals surface area contributed by atoms with Gasteiger partial charge in [-0.2, -0.15) is 0 Å². The van der Waals surface area contributed by atoms with E-state index in [0.29, 0.717) is 18.0 Å². The van der Waals surface area contributed by atoms with E-state index in [9.17, 15) is 4.79 Å². The molecule has 99 valence electrons. The third kappa shape index (κ3) is 3.82. The summed E-state index contributed by atoms with van der Waals surface area (Å²) < 4.78 is 0.844. The fourth-order valence-corrected chi connectivity index (χ4v) is 2.95. The van der Waals surface area contributed by atoms with E-state index in [0.717, 1.165) is 15.7 Å². The van der Waals surface area contributed by atoms with E-state index >= 15 is 0 Å². The molecule has 0 bridgehead atoms. The SMILES string of the molecule is CCN1C(=O)C(Cl)C[C-]=C1c1ccc(Cl)cc1Br.[Y]. The summed E-state index contributed by atoms with van der Waals surface area (Å²) in [5.74, 6) is -0.0743. The second kappa shape index (κ2) is 7.56. The van der Waals surface area contributed by atoms with Crippen LogP contribution >= 0.6 is 39.1 Å². The zero-order valence-corrected chi connectivity index (χ0v) is 16.2. The fraction of sp³-hybridized carbons (Fsp3) is 0.308.